The Morgan fingerprint density at radius 1 is 1.09 bits per heavy atom. The number of benzene rings is 3. The SMILES string of the molecule is Cc1ccc2ccccc2c1Cn1cc(-c2ccc([N+](=O)[O-])cc2)nc1SCC(=O)NC(C)(C)C. The van der Waals surface area contributed by atoms with Crippen molar-refractivity contribution >= 4 is 34.1 Å². The lowest BCUT2D eigenvalue weighted by Crippen LogP contribution is -2.41. The molecule has 1 N–H and O–H groups in total. The van der Waals surface area contributed by atoms with E-state index in [0.29, 0.717) is 12.2 Å². The summed E-state index contributed by atoms with van der Waals surface area (Å²) in [6.07, 6.45) is 1.95. The van der Waals surface area contributed by atoms with Crippen LogP contribution >= 0.6 is 11.8 Å². The molecule has 1 amide bonds. The maximum atomic E-state index is 12.5. The van der Waals surface area contributed by atoms with Gasteiger partial charge in [-0.3, -0.25) is 14.9 Å². The Morgan fingerprint density at radius 3 is 2.49 bits per heavy atom. The van der Waals surface area contributed by atoms with Crippen LogP contribution in [-0.4, -0.2) is 31.7 Å². The van der Waals surface area contributed by atoms with Crippen molar-refractivity contribution in [1.82, 2.24) is 14.9 Å². The van der Waals surface area contributed by atoms with Crippen LogP contribution in [0.4, 0.5) is 5.69 Å². The Morgan fingerprint density at radius 2 is 1.80 bits per heavy atom. The Kier molecular flexibility index (Phi) is 6.93. The number of aromatic nitrogens is 2. The summed E-state index contributed by atoms with van der Waals surface area (Å²) in [5, 5.41) is 17.1. The number of hydrogen-bond acceptors (Lipinski definition) is 5. The summed E-state index contributed by atoms with van der Waals surface area (Å²) in [4.78, 5) is 27.9. The average Bonchev–Trinajstić information content (AvgIpc) is 3.21. The highest BCUT2D eigenvalue weighted by molar-refractivity contribution is 7.99. The largest absolute Gasteiger partial charge is 0.351 e. The molecule has 0 radical (unpaired) electrons. The lowest BCUT2D eigenvalue weighted by atomic mass is 10.00. The first kappa shape index (κ1) is 24.5. The summed E-state index contributed by atoms with van der Waals surface area (Å²) in [7, 11) is 0. The van der Waals surface area contributed by atoms with Crippen LogP contribution in [0.15, 0.2) is 72.0 Å². The molecule has 0 saturated heterocycles. The zero-order chi connectivity index (χ0) is 25.2. The van der Waals surface area contributed by atoms with Crippen LogP contribution in [0.5, 0.6) is 0 Å². The van der Waals surface area contributed by atoms with Gasteiger partial charge in [0.05, 0.1) is 22.9 Å². The van der Waals surface area contributed by atoms with Gasteiger partial charge < -0.3 is 9.88 Å². The molecule has 0 aliphatic rings. The third-order valence-corrected chi connectivity index (χ3v) is 6.55. The Labute approximate surface area is 208 Å². The number of hydrogen-bond donors (Lipinski definition) is 1. The minimum absolute atomic E-state index is 0.0352. The number of nitrogens with zero attached hydrogens (tertiary/aromatic N) is 3. The molecule has 0 saturated carbocycles. The van der Waals surface area contributed by atoms with Gasteiger partial charge in [0, 0.05) is 29.4 Å². The van der Waals surface area contributed by atoms with Gasteiger partial charge in [-0.25, -0.2) is 4.98 Å². The molecule has 35 heavy (non-hydrogen) atoms. The number of imidazole rings is 1. The van der Waals surface area contributed by atoms with Gasteiger partial charge in [0.1, 0.15) is 0 Å². The van der Waals surface area contributed by atoms with E-state index in [1.165, 1.54) is 45.8 Å². The van der Waals surface area contributed by atoms with E-state index in [4.69, 9.17) is 4.98 Å². The van der Waals surface area contributed by atoms with Crippen molar-refractivity contribution in [2.45, 2.75) is 44.9 Å². The highest BCUT2D eigenvalue weighted by Gasteiger charge is 2.18. The predicted molar refractivity (Wildman–Crippen MR) is 141 cm³/mol. The molecule has 1 aromatic heterocycles. The zero-order valence-electron chi connectivity index (χ0n) is 20.2. The molecule has 0 spiro atoms. The van der Waals surface area contributed by atoms with Crippen molar-refractivity contribution in [3.8, 4) is 11.3 Å². The number of nitro groups is 1. The van der Waals surface area contributed by atoms with E-state index in [9.17, 15) is 14.9 Å². The number of nitrogens with one attached hydrogen (secondary N) is 1. The minimum Gasteiger partial charge on any atom is -0.351 e. The zero-order valence-corrected chi connectivity index (χ0v) is 21.1. The number of carbonyl (C=O) groups excluding carboxylic acids is 1. The second-order valence-electron chi connectivity index (χ2n) is 9.51. The standard InChI is InChI=1S/C27H28N4O3S/c1-18-9-10-19-7-5-6-8-22(19)23(18)15-30-16-24(20-11-13-21(14-12-20)31(33)34)28-26(30)35-17-25(32)29-27(2,3)4/h5-14,16H,15,17H2,1-4H3,(H,29,32). The fourth-order valence-electron chi connectivity index (χ4n) is 3.93. The molecule has 8 heteroatoms. The molecule has 3 aromatic carbocycles. The number of carbonyl (C=O) groups is 1. The Balaban J connectivity index is 1.70. The summed E-state index contributed by atoms with van der Waals surface area (Å²) in [6.45, 7) is 8.54. The lowest BCUT2D eigenvalue weighted by molar-refractivity contribution is -0.384. The molecule has 0 bridgehead atoms. The van der Waals surface area contributed by atoms with Crippen molar-refractivity contribution in [3.05, 3.63) is 88.1 Å². The number of non-ortho nitro benzene ring substituents is 1. The van der Waals surface area contributed by atoms with Crippen LogP contribution in [0.25, 0.3) is 22.0 Å². The summed E-state index contributed by atoms with van der Waals surface area (Å²) in [5.41, 5.74) is 3.58. The molecule has 180 valence electrons. The third-order valence-electron chi connectivity index (χ3n) is 5.56. The maximum absolute atomic E-state index is 12.5. The molecule has 4 rings (SSSR count). The summed E-state index contributed by atoms with van der Waals surface area (Å²) in [6, 6.07) is 18.9. The third kappa shape index (κ3) is 5.89. The van der Waals surface area contributed by atoms with E-state index in [2.05, 4.69) is 41.1 Å². The van der Waals surface area contributed by atoms with Crippen molar-refractivity contribution in [1.29, 1.82) is 0 Å². The van der Waals surface area contributed by atoms with Crippen LogP contribution in [0.3, 0.4) is 0 Å². The van der Waals surface area contributed by atoms with Crippen LogP contribution in [0.2, 0.25) is 0 Å². The van der Waals surface area contributed by atoms with Gasteiger partial charge in [-0.15, -0.1) is 0 Å². The highest BCUT2D eigenvalue weighted by atomic mass is 32.2. The van der Waals surface area contributed by atoms with Crippen molar-refractivity contribution in [2.75, 3.05) is 5.75 Å². The number of thioether (sulfide) groups is 1. The number of rotatable bonds is 7. The summed E-state index contributed by atoms with van der Waals surface area (Å²) in [5.74, 6) is 0.179. The van der Waals surface area contributed by atoms with E-state index < -0.39 is 4.92 Å². The predicted octanol–water partition coefficient (Wildman–Crippen LogP) is 5.98. The molecular formula is C27H28N4O3S. The van der Waals surface area contributed by atoms with Gasteiger partial charge in [-0.1, -0.05) is 48.2 Å². The smallest absolute Gasteiger partial charge is 0.269 e. The minimum atomic E-state index is -0.416. The highest BCUT2D eigenvalue weighted by Crippen LogP contribution is 2.29. The monoisotopic (exact) mass is 488 g/mol. The normalized spacial score (nSPS) is 11.5. The van der Waals surface area contributed by atoms with Crippen LogP contribution in [-0.2, 0) is 11.3 Å². The molecule has 1 heterocycles. The van der Waals surface area contributed by atoms with Crippen LogP contribution in [0, 0.1) is 17.0 Å². The van der Waals surface area contributed by atoms with E-state index >= 15 is 0 Å². The number of aryl methyl sites for hydroxylation is 1. The molecule has 7 nitrogen and oxygen atoms in total. The van der Waals surface area contributed by atoms with E-state index in [1.54, 1.807) is 12.1 Å². The first-order valence-electron chi connectivity index (χ1n) is 11.3. The van der Waals surface area contributed by atoms with Gasteiger partial charge in [0.2, 0.25) is 5.91 Å². The van der Waals surface area contributed by atoms with Crippen LogP contribution < -0.4 is 5.32 Å². The van der Waals surface area contributed by atoms with Gasteiger partial charge >= 0.3 is 0 Å². The molecule has 4 aromatic rings. The molecule has 0 unspecified atom stereocenters. The van der Waals surface area contributed by atoms with Gasteiger partial charge in [-0.05, 0) is 61.7 Å². The van der Waals surface area contributed by atoms with Crippen LogP contribution in [0.1, 0.15) is 31.9 Å². The molecule has 0 atom stereocenters. The topological polar surface area (TPSA) is 90.1 Å². The summed E-state index contributed by atoms with van der Waals surface area (Å²) < 4.78 is 2.06. The second kappa shape index (κ2) is 9.92. The van der Waals surface area contributed by atoms with Crippen molar-refractivity contribution < 1.29 is 9.72 Å². The first-order chi connectivity index (χ1) is 16.6. The van der Waals surface area contributed by atoms with Gasteiger partial charge in [-0.2, -0.15) is 0 Å². The van der Waals surface area contributed by atoms with Crippen molar-refractivity contribution in [3.63, 3.8) is 0 Å². The van der Waals surface area contributed by atoms with E-state index in [-0.39, 0.29) is 22.9 Å². The molecular weight excluding hydrogens is 460 g/mol. The second-order valence-corrected chi connectivity index (χ2v) is 10.5. The molecule has 0 fully saturated rings. The maximum Gasteiger partial charge on any atom is 0.269 e. The first-order valence-corrected chi connectivity index (χ1v) is 12.3. The summed E-state index contributed by atoms with van der Waals surface area (Å²) >= 11 is 1.38. The lowest BCUT2D eigenvalue weighted by Gasteiger charge is -2.20. The number of nitro benzene ring substituents is 1. The van der Waals surface area contributed by atoms with Gasteiger partial charge in [0.15, 0.2) is 5.16 Å². The fraction of sp³-hybridized carbons (Fsp3) is 0.259. The Bertz CT molecular complexity index is 1390. The van der Waals surface area contributed by atoms with Gasteiger partial charge in [0.25, 0.3) is 5.69 Å². The molecule has 0 aliphatic heterocycles. The number of fused-ring (bicyclic) bond motifs is 1. The van der Waals surface area contributed by atoms with E-state index in [1.807, 2.05) is 39.1 Å². The number of amides is 1. The van der Waals surface area contributed by atoms with E-state index in [0.717, 1.165) is 10.7 Å². The average molecular weight is 489 g/mol. The fourth-order valence-corrected chi connectivity index (χ4v) is 4.71. The Hall–Kier alpha value is -3.65. The quantitative estimate of drug-likeness (QED) is 0.196. The van der Waals surface area contributed by atoms with Crippen molar-refractivity contribution in [2.24, 2.45) is 0 Å². The molecule has 0 aliphatic carbocycles.